The van der Waals surface area contributed by atoms with E-state index in [0.717, 1.165) is 35.6 Å². The molecule has 1 unspecified atom stereocenters. The number of fused-ring (bicyclic) bond motifs is 1. The van der Waals surface area contributed by atoms with Crippen LogP contribution < -0.4 is 10.5 Å². The van der Waals surface area contributed by atoms with E-state index in [0.29, 0.717) is 6.61 Å². The summed E-state index contributed by atoms with van der Waals surface area (Å²) < 4.78 is 5.98. The Kier molecular flexibility index (Phi) is 3.95. The Balaban J connectivity index is 1.78. The molecule has 0 amide bonds. The second kappa shape index (κ2) is 5.86. The third-order valence-corrected chi connectivity index (χ3v) is 4.07. The smallest absolute Gasteiger partial charge is 0.123 e. The molecule has 2 nitrogen and oxygen atoms in total. The van der Waals surface area contributed by atoms with Gasteiger partial charge in [-0.1, -0.05) is 35.9 Å². The zero-order valence-corrected chi connectivity index (χ0v) is 12.1. The van der Waals surface area contributed by atoms with Crippen LogP contribution >= 0.6 is 11.6 Å². The molecule has 2 N–H and O–H groups in total. The minimum absolute atomic E-state index is 0.151. The largest absolute Gasteiger partial charge is 0.489 e. The van der Waals surface area contributed by atoms with Crippen LogP contribution in [0.5, 0.6) is 5.75 Å². The van der Waals surface area contributed by atoms with Gasteiger partial charge in [-0.2, -0.15) is 0 Å². The van der Waals surface area contributed by atoms with Gasteiger partial charge in [0.2, 0.25) is 0 Å². The van der Waals surface area contributed by atoms with Crippen molar-refractivity contribution in [3.8, 4) is 5.75 Å². The van der Waals surface area contributed by atoms with Crippen molar-refractivity contribution in [3.63, 3.8) is 0 Å². The third kappa shape index (κ3) is 2.82. The van der Waals surface area contributed by atoms with E-state index in [2.05, 4.69) is 6.07 Å². The van der Waals surface area contributed by atoms with Gasteiger partial charge in [-0.05, 0) is 54.2 Å². The van der Waals surface area contributed by atoms with Crippen LogP contribution in [0, 0.1) is 0 Å². The highest BCUT2D eigenvalue weighted by molar-refractivity contribution is 6.30. The molecule has 2 aromatic carbocycles. The van der Waals surface area contributed by atoms with Crippen molar-refractivity contribution in [2.24, 2.45) is 5.73 Å². The molecule has 0 bridgehead atoms. The molecule has 3 rings (SSSR count). The molecule has 0 aliphatic heterocycles. The maximum Gasteiger partial charge on any atom is 0.123 e. The molecular formula is C17H18ClNO. The summed E-state index contributed by atoms with van der Waals surface area (Å²) in [6.45, 7) is 0.558. The van der Waals surface area contributed by atoms with E-state index >= 15 is 0 Å². The van der Waals surface area contributed by atoms with E-state index < -0.39 is 0 Å². The zero-order valence-electron chi connectivity index (χ0n) is 11.3. The molecule has 0 fully saturated rings. The standard InChI is InChI=1S/C17H18ClNO/c18-13-9-7-12(8-10-13)11-20-17-6-2-3-14-15(17)4-1-5-16(14)19/h2-3,6-10,16H,1,4-5,11,19H2. The predicted molar refractivity (Wildman–Crippen MR) is 82.1 cm³/mol. The summed E-state index contributed by atoms with van der Waals surface area (Å²) in [5, 5.41) is 0.747. The normalized spacial score (nSPS) is 17.6. The minimum atomic E-state index is 0.151. The van der Waals surface area contributed by atoms with Gasteiger partial charge in [0.05, 0.1) is 0 Å². The number of benzene rings is 2. The van der Waals surface area contributed by atoms with Crippen LogP contribution in [0.2, 0.25) is 5.02 Å². The van der Waals surface area contributed by atoms with Crippen LogP contribution in [0.15, 0.2) is 42.5 Å². The fraction of sp³-hybridized carbons (Fsp3) is 0.294. The Morgan fingerprint density at radius 2 is 1.95 bits per heavy atom. The summed E-state index contributed by atoms with van der Waals surface area (Å²) >= 11 is 5.89. The minimum Gasteiger partial charge on any atom is -0.489 e. The Morgan fingerprint density at radius 3 is 2.75 bits per heavy atom. The first-order valence-corrected chi connectivity index (χ1v) is 7.36. The first-order chi connectivity index (χ1) is 9.74. The maximum absolute atomic E-state index is 6.17. The SMILES string of the molecule is NC1CCCc2c(OCc3ccc(Cl)cc3)cccc21. The van der Waals surface area contributed by atoms with Crippen molar-refractivity contribution < 1.29 is 4.74 Å². The van der Waals surface area contributed by atoms with Gasteiger partial charge in [0.15, 0.2) is 0 Å². The van der Waals surface area contributed by atoms with Crippen molar-refractivity contribution in [1.82, 2.24) is 0 Å². The van der Waals surface area contributed by atoms with Crippen molar-refractivity contribution >= 4 is 11.6 Å². The fourth-order valence-corrected chi connectivity index (χ4v) is 2.85. The zero-order chi connectivity index (χ0) is 13.9. The van der Waals surface area contributed by atoms with Crippen molar-refractivity contribution in [3.05, 3.63) is 64.2 Å². The first kappa shape index (κ1) is 13.5. The van der Waals surface area contributed by atoms with Crippen molar-refractivity contribution in [1.29, 1.82) is 0 Å². The Labute approximate surface area is 124 Å². The van der Waals surface area contributed by atoms with E-state index in [1.165, 1.54) is 11.1 Å². The number of hydrogen-bond donors (Lipinski definition) is 1. The summed E-state index contributed by atoms with van der Waals surface area (Å²) in [5.41, 5.74) is 9.81. The molecule has 0 heterocycles. The summed E-state index contributed by atoms with van der Waals surface area (Å²) in [4.78, 5) is 0. The predicted octanol–water partition coefficient (Wildman–Crippen LogP) is 4.26. The summed E-state index contributed by atoms with van der Waals surface area (Å²) in [5.74, 6) is 0.965. The van der Waals surface area contributed by atoms with Gasteiger partial charge in [-0.15, -0.1) is 0 Å². The number of halogens is 1. The summed E-state index contributed by atoms with van der Waals surface area (Å²) in [6.07, 6.45) is 3.25. The number of hydrogen-bond acceptors (Lipinski definition) is 2. The number of ether oxygens (including phenoxy) is 1. The Bertz CT molecular complexity index is 594. The molecule has 1 aliphatic rings. The van der Waals surface area contributed by atoms with Crippen molar-refractivity contribution in [2.75, 3.05) is 0 Å². The Hall–Kier alpha value is -1.51. The summed E-state index contributed by atoms with van der Waals surface area (Å²) in [6, 6.07) is 14.1. The second-order valence-corrected chi connectivity index (χ2v) is 5.67. The monoisotopic (exact) mass is 287 g/mol. The number of nitrogens with two attached hydrogens (primary N) is 1. The topological polar surface area (TPSA) is 35.2 Å². The molecular weight excluding hydrogens is 270 g/mol. The molecule has 1 aliphatic carbocycles. The fourth-order valence-electron chi connectivity index (χ4n) is 2.73. The molecule has 104 valence electrons. The summed E-state index contributed by atoms with van der Waals surface area (Å²) in [7, 11) is 0. The Morgan fingerprint density at radius 1 is 1.15 bits per heavy atom. The molecule has 20 heavy (non-hydrogen) atoms. The van der Waals surface area contributed by atoms with E-state index in [9.17, 15) is 0 Å². The lowest BCUT2D eigenvalue weighted by atomic mass is 9.87. The van der Waals surface area contributed by atoms with Gasteiger partial charge in [0.1, 0.15) is 12.4 Å². The molecule has 0 saturated carbocycles. The molecule has 0 saturated heterocycles. The van der Waals surface area contributed by atoms with E-state index in [1.807, 2.05) is 36.4 Å². The van der Waals surface area contributed by atoms with Crippen LogP contribution in [0.4, 0.5) is 0 Å². The van der Waals surface area contributed by atoms with Crippen LogP contribution in [0.1, 0.15) is 35.6 Å². The van der Waals surface area contributed by atoms with Gasteiger partial charge in [-0.3, -0.25) is 0 Å². The molecule has 0 aromatic heterocycles. The van der Waals surface area contributed by atoms with Gasteiger partial charge in [0.25, 0.3) is 0 Å². The average molecular weight is 288 g/mol. The first-order valence-electron chi connectivity index (χ1n) is 6.98. The molecule has 1 atom stereocenters. The quantitative estimate of drug-likeness (QED) is 0.916. The molecule has 0 spiro atoms. The number of rotatable bonds is 3. The van der Waals surface area contributed by atoms with Gasteiger partial charge in [-0.25, -0.2) is 0 Å². The maximum atomic E-state index is 6.17. The van der Waals surface area contributed by atoms with Crippen LogP contribution in [0.25, 0.3) is 0 Å². The average Bonchev–Trinajstić information content (AvgIpc) is 2.47. The highest BCUT2D eigenvalue weighted by Crippen LogP contribution is 2.34. The molecule has 0 radical (unpaired) electrons. The van der Waals surface area contributed by atoms with Crippen LogP contribution in [0.3, 0.4) is 0 Å². The lowest BCUT2D eigenvalue weighted by molar-refractivity contribution is 0.300. The molecule has 3 heteroatoms. The van der Waals surface area contributed by atoms with E-state index in [-0.39, 0.29) is 6.04 Å². The highest BCUT2D eigenvalue weighted by Gasteiger charge is 2.19. The molecule has 2 aromatic rings. The lowest BCUT2D eigenvalue weighted by Crippen LogP contribution is -2.18. The highest BCUT2D eigenvalue weighted by atomic mass is 35.5. The van der Waals surface area contributed by atoms with Gasteiger partial charge in [0, 0.05) is 11.1 Å². The van der Waals surface area contributed by atoms with Gasteiger partial charge >= 0.3 is 0 Å². The second-order valence-electron chi connectivity index (χ2n) is 5.24. The van der Waals surface area contributed by atoms with E-state index in [4.69, 9.17) is 22.1 Å². The van der Waals surface area contributed by atoms with Crippen LogP contribution in [-0.4, -0.2) is 0 Å². The third-order valence-electron chi connectivity index (χ3n) is 3.82. The van der Waals surface area contributed by atoms with Crippen LogP contribution in [-0.2, 0) is 13.0 Å². The van der Waals surface area contributed by atoms with Gasteiger partial charge < -0.3 is 10.5 Å². The lowest BCUT2D eigenvalue weighted by Gasteiger charge is -2.24. The van der Waals surface area contributed by atoms with Crippen molar-refractivity contribution in [2.45, 2.75) is 31.9 Å². The van der Waals surface area contributed by atoms with E-state index in [1.54, 1.807) is 0 Å².